The van der Waals surface area contributed by atoms with Gasteiger partial charge < -0.3 is 0 Å². The zero-order valence-corrected chi connectivity index (χ0v) is 29.1. The van der Waals surface area contributed by atoms with Crippen molar-refractivity contribution in [2.24, 2.45) is 23.7 Å². The van der Waals surface area contributed by atoms with Gasteiger partial charge in [0.25, 0.3) is 0 Å². The Morgan fingerprint density at radius 1 is 0.423 bits per heavy atom. The first-order valence-corrected chi connectivity index (χ1v) is 19.3. The predicted octanol–water partition coefficient (Wildman–Crippen LogP) is 12.7. The second-order valence-corrected chi connectivity index (χ2v) is 16.1. The fourth-order valence-electron chi connectivity index (χ4n) is 12.0. The van der Waals surface area contributed by atoms with Crippen LogP contribution < -0.4 is 0 Å². The topological polar surface area (TPSA) is 25.8 Å². The number of para-hydroxylation sites is 1. The molecule has 5 aliphatic rings. The van der Waals surface area contributed by atoms with Gasteiger partial charge in [-0.2, -0.15) is 0 Å². The van der Waals surface area contributed by atoms with Crippen molar-refractivity contribution >= 4 is 32.4 Å². The van der Waals surface area contributed by atoms with E-state index in [1.165, 1.54) is 75.9 Å². The molecule has 52 heavy (non-hydrogen) atoms. The van der Waals surface area contributed by atoms with Crippen molar-refractivity contribution in [2.45, 2.75) is 37.5 Å². The van der Waals surface area contributed by atoms with Gasteiger partial charge >= 0.3 is 0 Å². The van der Waals surface area contributed by atoms with E-state index in [0.29, 0.717) is 0 Å². The molecule has 4 bridgehead atoms. The molecular formula is C50H38N2. The summed E-state index contributed by atoms with van der Waals surface area (Å²) in [7, 11) is 0. The number of rotatable bonds is 3. The second kappa shape index (κ2) is 10.7. The first kappa shape index (κ1) is 29.0. The lowest BCUT2D eigenvalue weighted by Gasteiger charge is -2.61. The highest BCUT2D eigenvalue weighted by atomic mass is 14.9. The molecule has 8 aromatic rings. The normalized spacial score (nSPS) is 23.8. The zero-order chi connectivity index (χ0) is 34.0. The third-order valence-electron chi connectivity index (χ3n) is 13.6. The first-order chi connectivity index (χ1) is 25.8. The molecule has 7 aromatic carbocycles. The van der Waals surface area contributed by atoms with Gasteiger partial charge in [-0.15, -0.1) is 0 Å². The minimum Gasteiger partial charge on any atom is -0.228 e. The van der Waals surface area contributed by atoms with Crippen LogP contribution in [0.1, 0.15) is 43.2 Å². The Labute approximate surface area is 304 Å². The minimum atomic E-state index is 0.133. The fraction of sp³-hybridized carbons (Fsp3) is 0.200. The van der Waals surface area contributed by atoms with Crippen molar-refractivity contribution in [2.75, 3.05) is 0 Å². The lowest BCUT2D eigenvalue weighted by atomic mass is 9.43. The van der Waals surface area contributed by atoms with Gasteiger partial charge in [0, 0.05) is 21.9 Å². The van der Waals surface area contributed by atoms with Crippen molar-refractivity contribution in [3.05, 3.63) is 157 Å². The highest BCUT2D eigenvalue weighted by Crippen LogP contribution is 2.69. The van der Waals surface area contributed by atoms with Gasteiger partial charge in [-0.25, -0.2) is 9.97 Å². The first-order valence-electron chi connectivity index (χ1n) is 19.3. The third-order valence-corrected chi connectivity index (χ3v) is 13.6. The number of aromatic nitrogens is 2. The van der Waals surface area contributed by atoms with Gasteiger partial charge in [0.1, 0.15) is 0 Å². The smallest absolute Gasteiger partial charge is 0.161 e. The molecule has 0 atom stereocenters. The van der Waals surface area contributed by atoms with Crippen LogP contribution in [0, 0.1) is 23.7 Å². The monoisotopic (exact) mass is 666 g/mol. The van der Waals surface area contributed by atoms with Crippen molar-refractivity contribution in [3.8, 4) is 44.9 Å². The highest BCUT2D eigenvalue weighted by molar-refractivity contribution is 6.21. The SMILES string of the molecule is c1ccc(-c2nc(-c3c4ccccc4c(-c4ccc5c(c4)C4(c6ccccc6-5)C5CC6CC(C5)CC4C6)c4ccccc34)nc3ccccc23)cc1. The van der Waals surface area contributed by atoms with Gasteiger partial charge in [0.2, 0.25) is 0 Å². The van der Waals surface area contributed by atoms with Crippen molar-refractivity contribution in [1.82, 2.24) is 9.97 Å². The minimum absolute atomic E-state index is 0.133. The number of hydrogen-bond acceptors (Lipinski definition) is 2. The lowest BCUT2D eigenvalue weighted by molar-refractivity contribution is -0.0399. The Morgan fingerprint density at radius 2 is 0.981 bits per heavy atom. The molecule has 1 aromatic heterocycles. The van der Waals surface area contributed by atoms with Gasteiger partial charge in [-0.3, -0.25) is 0 Å². The fourth-order valence-corrected chi connectivity index (χ4v) is 12.0. The Morgan fingerprint density at radius 3 is 1.67 bits per heavy atom. The third kappa shape index (κ3) is 3.85. The van der Waals surface area contributed by atoms with Crippen LogP contribution >= 0.6 is 0 Å². The standard InChI is InChI=1S/C50H38N2/c1-2-12-32(13-3-1)48-42-19-9-11-21-45(42)51-49(52-48)47-40-17-6-4-15-38(40)46(39-16-5-7-18-41(39)47)33-22-23-37-36-14-8-10-20-43(36)50(44(37)29-33)34-25-30-24-31(27-34)28-35(50)26-30/h1-23,29-31,34-35H,24-28H2. The summed E-state index contributed by atoms with van der Waals surface area (Å²) in [5.41, 5.74) is 13.1. The van der Waals surface area contributed by atoms with Crippen molar-refractivity contribution in [3.63, 3.8) is 0 Å². The van der Waals surface area contributed by atoms with E-state index in [1.54, 1.807) is 11.1 Å². The molecule has 0 aliphatic heterocycles. The molecule has 13 rings (SSSR count). The molecule has 4 fully saturated rings. The summed E-state index contributed by atoms with van der Waals surface area (Å²) < 4.78 is 0. The molecule has 1 heterocycles. The Hall–Kier alpha value is -5.60. The van der Waals surface area contributed by atoms with Crippen LogP contribution in [0.4, 0.5) is 0 Å². The maximum absolute atomic E-state index is 5.40. The van der Waals surface area contributed by atoms with Gasteiger partial charge in [-0.05, 0) is 123 Å². The number of fused-ring (bicyclic) bond motifs is 6. The van der Waals surface area contributed by atoms with E-state index in [-0.39, 0.29) is 5.41 Å². The maximum atomic E-state index is 5.40. The molecule has 2 nitrogen and oxygen atoms in total. The van der Waals surface area contributed by atoms with Gasteiger partial charge in [-0.1, -0.05) is 133 Å². The van der Waals surface area contributed by atoms with Crippen LogP contribution in [-0.2, 0) is 5.41 Å². The molecule has 1 spiro atoms. The van der Waals surface area contributed by atoms with E-state index >= 15 is 0 Å². The van der Waals surface area contributed by atoms with E-state index in [2.05, 4.69) is 146 Å². The van der Waals surface area contributed by atoms with Crippen molar-refractivity contribution in [1.29, 1.82) is 0 Å². The summed E-state index contributed by atoms with van der Waals surface area (Å²) in [6, 6.07) is 53.9. The largest absolute Gasteiger partial charge is 0.228 e. The predicted molar refractivity (Wildman–Crippen MR) is 214 cm³/mol. The second-order valence-electron chi connectivity index (χ2n) is 16.1. The molecule has 0 amide bonds. The molecule has 248 valence electrons. The molecule has 0 unspecified atom stereocenters. The average Bonchev–Trinajstić information content (AvgIpc) is 3.48. The average molecular weight is 667 g/mol. The molecular weight excluding hydrogens is 629 g/mol. The van der Waals surface area contributed by atoms with E-state index in [0.717, 1.165) is 57.2 Å². The number of benzene rings is 7. The molecule has 0 radical (unpaired) electrons. The molecule has 5 aliphatic carbocycles. The van der Waals surface area contributed by atoms with E-state index in [4.69, 9.17) is 9.97 Å². The van der Waals surface area contributed by atoms with E-state index in [1.807, 2.05) is 0 Å². The summed E-state index contributed by atoms with van der Waals surface area (Å²) in [6.07, 6.45) is 7.03. The number of hydrogen-bond donors (Lipinski definition) is 0. The van der Waals surface area contributed by atoms with Crippen LogP contribution in [0.15, 0.2) is 146 Å². The van der Waals surface area contributed by atoms with Crippen LogP contribution in [-0.4, -0.2) is 9.97 Å². The van der Waals surface area contributed by atoms with Crippen LogP contribution in [0.25, 0.3) is 77.3 Å². The summed E-state index contributed by atoms with van der Waals surface area (Å²) in [5, 5.41) is 5.96. The van der Waals surface area contributed by atoms with Gasteiger partial charge in [0.15, 0.2) is 5.82 Å². The molecule has 4 saturated carbocycles. The number of nitrogens with zero attached hydrogens (tertiary/aromatic N) is 2. The quantitative estimate of drug-likeness (QED) is 0.175. The lowest BCUT2D eigenvalue weighted by Crippen LogP contribution is -2.55. The van der Waals surface area contributed by atoms with Crippen LogP contribution in [0.2, 0.25) is 0 Å². The zero-order valence-electron chi connectivity index (χ0n) is 29.1. The summed E-state index contributed by atoms with van der Waals surface area (Å²) in [6.45, 7) is 0. The Kier molecular flexibility index (Phi) is 5.98. The maximum Gasteiger partial charge on any atom is 0.161 e. The van der Waals surface area contributed by atoms with E-state index < -0.39 is 0 Å². The molecule has 2 heteroatoms. The Balaban J connectivity index is 1.12. The molecule has 0 saturated heterocycles. The van der Waals surface area contributed by atoms with Crippen LogP contribution in [0.5, 0.6) is 0 Å². The van der Waals surface area contributed by atoms with E-state index in [9.17, 15) is 0 Å². The summed E-state index contributed by atoms with van der Waals surface area (Å²) >= 11 is 0. The summed E-state index contributed by atoms with van der Waals surface area (Å²) in [5.74, 6) is 4.09. The molecule has 0 N–H and O–H groups in total. The van der Waals surface area contributed by atoms with Gasteiger partial charge in [0.05, 0.1) is 11.2 Å². The highest BCUT2D eigenvalue weighted by Gasteiger charge is 2.61. The van der Waals surface area contributed by atoms with Crippen molar-refractivity contribution < 1.29 is 0 Å². The van der Waals surface area contributed by atoms with Crippen LogP contribution in [0.3, 0.4) is 0 Å². The Bertz CT molecular complexity index is 2670. The summed E-state index contributed by atoms with van der Waals surface area (Å²) in [4.78, 5) is 10.7.